The molecular weight excluding hydrogens is 214 g/mol. The van der Waals surface area contributed by atoms with Gasteiger partial charge in [0.1, 0.15) is 0 Å². The third-order valence-electron chi connectivity index (χ3n) is 1.60. The fraction of sp³-hybridized carbons (Fsp3) is 0.556. The second-order valence-electron chi connectivity index (χ2n) is 2.87. The van der Waals surface area contributed by atoms with Crippen molar-refractivity contribution in [3.63, 3.8) is 0 Å². The SMILES string of the molecule is CSCC[C@H](N)/C=C/NCC(=O)NC=O. The summed E-state index contributed by atoms with van der Waals surface area (Å²) >= 11 is 1.74. The Morgan fingerprint density at radius 2 is 2.33 bits per heavy atom. The molecule has 2 amide bonds. The van der Waals surface area contributed by atoms with Crippen molar-refractivity contribution in [2.24, 2.45) is 5.73 Å². The van der Waals surface area contributed by atoms with E-state index in [1.54, 1.807) is 24.0 Å². The predicted molar refractivity (Wildman–Crippen MR) is 62.3 cm³/mol. The van der Waals surface area contributed by atoms with E-state index in [0.29, 0.717) is 6.41 Å². The van der Waals surface area contributed by atoms with Gasteiger partial charge in [-0.3, -0.25) is 14.9 Å². The van der Waals surface area contributed by atoms with E-state index >= 15 is 0 Å². The van der Waals surface area contributed by atoms with Crippen LogP contribution in [0.15, 0.2) is 12.3 Å². The highest BCUT2D eigenvalue weighted by Crippen LogP contribution is 1.98. The Morgan fingerprint density at radius 3 is 2.93 bits per heavy atom. The topological polar surface area (TPSA) is 84.2 Å². The maximum atomic E-state index is 10.8. The molecule has 0 bridgehead atoms. The van der Waals surface area contributed by atoms with E-state index in [0.717, 1.165) is 12.2 Å². The summed E-state index contributed by atoms with van der Waals surface area (Å²) in [6.45, 7) is 0.0739. The number of amides is 2. The van der Waals surface area contributed by atoms with Crippen LogP contribution in [0.5, 0.6) is 0 Å². The van der Waals surface area contributed by atoms with Crippen LogP contribution in [0, 0.1) is 0 Å². The van der Waals surface area contributed by atoms with Gasteiger partial charge in [0, 0.05) is 6.04 Å². The zero-order valence-electron chi connectivity index (χ0n) is 8.73. The number of nitrogens with two attached hydrogens (primary N) is 1. The highest BCUT2D eigenvalue weighted by atomic mass is 32.2. The van der Waals surface area contributed by atoms with Gasteiger partial charge in [0.15, 0.2) is 0 Å². The lowest BCUT2D eigenvalue weighted by Crippen LogP contribution is -2.31. The number of hydrogen-bond acceptors (Lipinski definition) is 5. The maximum Gasteiger partial charge on any atom is 0.245 e. The zero-order valence-corrected chi connectivity index (χ0v) is 9.55. The lowest BCUT2D eigenvalue weighted by molar-refractivity contribution is -0.124. The minimum Gasteiger partial charge on any atom is -0.382 e. The molecule has 4 N–H and O–H groups in total. The van der Waals surface area contributed by atoms with Crippen molar-refractivity contribution in [3.05, 3.63) is 12.3 Å². The van der Waals surface area contributed by atoms with Gasteiger partial charge in [0.2, 0.25) is 12.3 Å². The standard InChI is InChI=1S/C9H17N3O2S/c1-15-5-3-8(10)2-4-11-6-9(14)12-7-13/h2,4,7-8,11H,3,5-6,10H2,1H3,(H,12,13,14)/b4-2+/t8-/m1/s1. The zero-order chi connectivity index (χ0) is 11.5. The van der Waals surface area contributed by atoms with E-state index in [9.17, 15) is 9.59 Å². The van der Waals surface area contributed by atoms with Crippen molar-refractivity contribution in [1.29, 1.82) is 0 Å². The van der Waals surface area contributed by atoms with Gasteiger partial charge < -0.3 is 11.1 Å². The van der Waals surface area contributed by atoms with Crippen LogP contribution < -0.4 is 16.4 Å². The lowest BCUT2D eigenvalue weighted by atomic mass is 10.2. The molecule has 0 aliphatic carbocycles. The molecule has 0 aromatic rings. The van der Waals surface area contributed by atoms with E-state index in [1.807, 2.05) is 11.6 Å². The summed E-state index contributed by atoms with van der Waals surface area (Å²) in [5, 5.41) is 4.76. The molecule has 0 radical (unpaired) electrons. The van der Waals surface area contributed by atoms with Crippen LogP contribution in [0.2, 0.25) is 0 Å². The first-order valence-corrected chi connectivity index (χ1v) is 5.97. The van der Waals surface area contributed by atoms with Crippen LogP contribution >= 0.6 is 11.8 Å². The Hall–Kier alpha value is -1.01. The number of rotatable bonds is 8. The molecule has 0 unspecified atom stereocenters. The number of hydrogen-bond donors (Lipinski definition) is 3. The number of thioether (sulfide) groups is 1. The quantitative estimate of drug-likeness (QED) is 0.488. The average molecular weight is 231 g/mol. The summed E-state index contributed by atoms with van der Waals surface area (Å²) in [6, 6.07) is -0.000850. The average Bonchev–Trinajstić information content (AvgIpc) is 2.22. The maximum absolute atomic E-state index is 10.8. The van der Waals surface area contributed by atoms with Crippen molar-refractivity contribution in [2.45, 2.75) is 12.5 Å². The Labute approximate surface area is 93.9 Å². The van der Waals surface area contributed by atoms with Crippen LogP contribution in [0.25, 0.3) is 0 Å². The molecule has 0 aliphatic heterocycles. The van der Waals surface area contributed by atoms with Gasteiger partial charge in [-0.05, 0) is 24.6 Å². The molecule has 1 atom stereocenters. The van der Waals surface area contributed by atoms with Gasteiger partial charge in [0.05, 0.1) is 6.54 Å². The summed E-state index contributed by atoms with van der Waals surface area (Å²) < 4.78 is 0. The largest absolute Gasteiger partial charge is 0.382 e. The molecule has 86 valence electrons. The van der Waals surface area contributed by atoms with E-state index in [1.165, 1.54) is 0 Å². The molecule has 0 aromatic heterocycles. The number of carbonyl (C=O) groups is 2. The minimum atomic E-state index is -0.368. The van der Waals surface area contributed by atoms with Crippen molar-refractivity contribution < 1.29 is 9.59 Å². The summed E-state index contributed by atoms with van der Waals surface area (Å²) in [7, 11) is 0. The smallest absolute Gasteiger partial charge is 0.245 e. The molecule has 0 rings (SSSR count). The monoisotopic (exact) mass is 231 g/mol. The molecule has 0 saturated heterocycles. The van der Waals surface area contributed by atoms with Gasteiger partial charge >= 0.3 is 0 Å². The van der Waals surface area contributed by atoms with Crippen LogP contribution in [0.4, 0.5) is 0 Å². The second kappa shape index (κ2) is 9.54. The normalized spacial score (nSPS) is 12.4. The number of carbonyl (C=O) groups excluding carboxylic acids is 2. The Balaban J connectivity index is 3.52. The molecule has 5 nitrogen and oxygen atoms in total. The third-order valence-corrected chi connectivity index (χ3v) is 2.24. The first-order valence-electron chi connectivity index (χ1n) is 4.58. The van der Waals surface area contributed by atoms with Gasteiger partial charge in [0.25, 0.3) is 0 Å². The summed E-state index contributed by atoms with van der Waals surface area (Å²) in [6.07, 6.45) is 6.72. The van der Waals surface area contributed by atoms with E-state index in [4.69, 9.17) is 5.73 Å². The number of nitrogens with one attached hydrogen (secondary N) is 2. The Morgan fingerprint density at radius 1 is 1.60 bits per heavy atom. The lowest BCUT2D eigenvalue weighted by Gasteiger charge is -2.04. The van der Waals surface area contributed by atoms with Crippen LogP contribution in [-0.4, -0.2) is 36.9 Å². The summed E-state index contributed by atoms with van der Waals surface area (Å²) in [5.74, 6) is 0.643. The molecule has 6 heteroatoms. The summed E-state index contributed by atoms with van der Waals surface area (Å²) in [4.78, 5) is 20.7. The Bertz CT molecular complexity index is 221. The van der Waals surface area contributed by atoms with Gasteiger partial charge in [-0.25, -0.2) is 0 Å². The molecule has 0 saturated carbocycles. The van der Waals surface area contributed by atoms with Gasteiger partial charge in [-0.1, -0.05) is 6.08 Å². The molecule has 0 fully saturated rings. The molecule has 0 heterocycles. The minimum absolute atomic E-state index is 0.000850. The highest BCUT2D eigenvalue weighted by molar-refractivity contribution is 7.98. The fourth-order valence-corrected chi connectivity index (χ4v) is 1.32. The van der Waals surface area contributed by atoms with Crippen molar-refractivity contribution in [3.8, 4) is 0 Å². The third kappa shape index (κ3) is 9.30. The fourth-order valence-electron chi connectivity index (χ4n) is 0.810. The van der Waals surface area contributed by atoms with E-state index < -0.39 is 0 Å². The van der Waals surface area contributed by atoms with Crippen LogP contribution in [-0.2, 0) is 9.59 Å². The Kier molecular flexibility index (Phi) is 8.90. The molecule has 0 aromatic carbocycles. The van der Waals surface area contributed by atoms with Crippen LogP contribution in [0.1, 0.15) is 6.42 Å². The van der Waals surface area contributed by atoms with Crippen molar-refractivity contribution in [1.82, 2.24) is 10.6 Å². The highest BCUT2D eigenvalue weighted by Gasteiger charge is 1.97. The molecule has 0 spiro atoms. The van der Waals surface area contributed by atoms with Gasteiger partial charge in [-0.2, -0.15) is 11.8 Å². The van der Waals surface area contributed by atoms with Crippen molar-refractivity contribution in [2.75, 3.05) is 18.6 Å². The van der Waals surface area contributed by atoms with Crippen LogP contribution in [0.3, 0.4) is 0 Å². The first-order chi connectivity index (χ1) is 7.20. The molecule has 0 aliphatic rings. The molecule has 15 heavy (non-hydrogen) atoms. The van der Waals surface area contributed by atoms with E-state index in [-0.39, 0.29) is 18.5 Å². The second-order valence-corrected chi connectivity index (χ2v) is 3.86. The first kappa shape index (κ1) is 14.0. The summed E-state index contributed by atoms with van der Waals surface area (Å²) in [5.41, 5.74) is 5.74. The van der Waals surface area contributed by atoms with Gasteiger partial charge in [-0.15, -0.1) is 0 Å². The molecular formula is C9H17N3O2S. The van der Waals surface area contributed by atoms with E-state index in [2.05, 4.69) is 5.32 Å². The predicted octanol–water partition coefficient (Wildman–Crippen LogP) is -0.557. The van der Waals surface area contributed by atoms with Crippen molar-refractivity contribution >= 4 is 24.1 Å². The number of imide groups is 1.